The number of amides is 3. The van der Waals surface area contributed by atoms with E-state index in [1.165, 1.54) is 0 Å². The summed E-state index contributed by atoms with van der Waals surface area (Å²) >= 11 is 1.65. The highest BCUT2D eigenvalue weighted by Crippen LogP contribution is 2.10. The molecule has 0 fully saturated rings. The Kier molecular flexibility index (Phi) is 5.60. The van der Waals surface area contributed by atoms with Gasteiger partial charge in [-0.05, 0) is 27.0 Å². The Morgan fingerprint density at radius 1 is 1.50 bits per heavy atom. The normalized spacial score (nSPS) is 10.9. The Balaban J connectivity index is 4.13. The van der Waals surface area contributed by atoms with Crippen LogP contribution < -0.4 is 5.32 Å². The van der Waals surface area contributed by atoms with Gasteiger partial charge >= 0.3 is 6.03 Å². The van der Waals surface area contributed by atoms with Crippen LogP contribution >= 0.6 is 11.8 Å². The molecule has 0 aliphatic rings. The molecule has 0 rings (SSSR count). The number of carbonyl (C=O) groups is 2. The zero-order chi connectivity index (χ0) is 11.2. The van der Waals surface area contributed by atoms with Crippen LogP contribution in [-0.2, 0) is 4.79 Å². The van der Waals surface area contributed by atoms with Gasteiger partial charge < -0.3 is 5.32 Å². The lowest BCUT2D eigenvalue weighted by Crippen LogP contribution is -2.49. The largest absolute Gasteiger partial charge is 0.337 e. The molecule has 82 valence electrons. The molecule has 0 atom stereocenters. The summed E-state index contributed by atoms with van der Waals surface area (Å²) in [5, 5.41) is 2.68. The molecule has 0 bridgehead atoms. The topological polar surface area (TPSA) is 49.4 Å². The first-order chi connectivity index (χ1) is 6.43. The molecule has 0 aromatic rings. The molecule has 0 saturated heterocycles. The lowest BCUT2D eigenvalue weighted by atomic mass is 10.1. The Hall–Kier alpha value is -0.710. The highest BCUT2D eigenvalue weighted by Gasteiger charge is 2.25. The third-order valence-corrected chi connectivity index (χ3v) is 2.24. The SMILES string of the molecule is CSCCNC(=O)N(C=O)C(C)(C)C. The van der Waals surface area contributed by atoms with Gasteiger partial charge in [0.15, 0.2) is 0 Å². The highest BCUT2D eigenvalue weighted by molar-refractivity contribution is 7.98. The first-order valence-electron chi connectivity index (χ1n) is 4.45. The first-order valence-corrected chi connectivity index (χ1v) is 5.84. The molecule has 4 nitrogen and oxygen atoms in total. The number of hydrogen-bond donors (Lipinski definition) is 1. The van der Waals surface area contributed by atoms with Gasteiger partial charge in [-0.3, -0.25) is 9.69 Å². The molecule has 14 heavy (non-hydrogen) atoms. The molecule has 0 aromatic heterocycles. The van der Waals surface area contributed by atoms with Crippen molar-refractivity contribution in [3.63, 3.8) is 0 Å². The van der Waals surface area contributed by atoms with Crippen molar-refractivity contribution in [1.82, 2.24) is 10.2 Å². The van der Waals surface area contributed by atoms with Crippen molar-refractivity contribution < 1.29 is 9.59 Å². The van der Waals surface area contributed by atoms with Gasteiger partial charge in [0.1, 0.15) is 0 Å². The van der Waals surface area contributed by atoms with Crippen molar-refractivity contribution in [3.8, 4) is 0 Å². The van der Waals surface area contributed by atoms with E-state index in [0.717, 1.165) is 10.7 Å². The first kappa shape index (κ1) is 13.3. The minimum absolute atomic E-state index is 0.332. The summed E-state index contributed by atoms with van der Waals surface area (Å²) < 4.78 is 0. The standard InChI is InChI=1S/C9H18N2O2S/c1-9(2,3)11(7-12)8(13)10-5-6-14-4/h7H,5-6H2,1-4H3,(H,10,13). The van der Waals surface area contributed by atoms with Gasteiger partial charge in [0, 0.05) is 17.8 Å². The fourth-order valence-corrected chi connectivity index (χ4v) is 1.16. The third kappa shape index (κ3) is 4.50. The van der Waals surface area contributed by atoms with Crippen LogP contribution in [0, 0.1) is 0 Å². The molecule has 0 aliphatic heterocycles. The number of rotatable bonds is 4. The Morgan fingerprint density at radius 3 is 2.43 bits per heavy atom. The van der Waals surface area contributed by atoms with Crippen LogP contribution in [0.25, 0.3) is 0 Å². The number of carbonyl (C=O) groups excluding carboxylic acids is 2. The van der Waals surface area contributed by atoms with E-state index < -0.39 is 5.54 Å². The molecule has 3 amide bonds. The number of nitrogens with zero attached hydrogens (tertiary/aromatic N) is 1. The molecule has 0 unspecified atom stereocenters. The van der Waals surface area contributed by atoms with Crippen molar-refractivity contribution in [1.29, 1.82) is 0 Å². The van der Waals surface area contributed by atoms with Crippen molar-refractivity contribution >= 4 is 24.2 Å². The molecule has 0 radical (unpaired) electrons. The summed E-state index contributed by atoms with van der Waals surface area (Å²) in [6.07, 6.45) is 2.53. The Labute approximate surface area is 89.4 Å². The van der Waals surface area contributed by atoms with Gasteiger partial charge in [-0.15, -0.1) is 0 Å². The van der Waals surface area contributed by atoms with Gasteiger partial charge in [0.25, 0.3) is 0 Å². The van der Waals surface area contributed by atoms with Crippen LogP contribution in [0.2, 0.25) is 0 Å². The zero-order valence-electron chi connectivity index (χ0n) is 9.16. The molecule has 0 heterocycles. The average molecular weight is 218 g/mol. The lowest BCUT2D eigenvalue weighted by molar-refractivity contribution is -0.118. The summed E-state index contributed by atoms with van der Waals surface area (Å²) in [6, 6.07) is -0.332. The molecule has 5 heteroatoms. The number of thioether (sulfide) groups is 1. The maximum Gasteiger partial charge on any atom is 0.324 e. The fraction of sp³-hybridized carbons (Fsp3) is 0.778. The number of nitrogens with one attached hydrogen (secondary N) is 1. The van der Waals surface area contributed by atoms with Crippen LogP contribution in [0.1, 0.15) is 20.8 Å². The van der Waals surface area contributed by atoms with E-state index in [1.807, 2.05) is 27.0 Å². The van der Waals surface area contributed by atoms with E-state index >= 15 is 0 Å². The summed E-state index contributed by atoms with van der Waals surface area (Å²) in [5.41, 5.74) is -0.467. The minimum atomic E-state index is -0.467. The van der Waals surface area contributed by atoms with Crippen LogP contribution in [0.15, 0.2) is 0 Å². The van der Waals surface area contributed by atoms with E-state index in [-0.39, 0.29) is 6.03 Å². The lowest BCUT2D eigenvalue weighted by Gasteiger charge is -2.30. The van der Waals surface area contributed by atoms with E-state index in [9.17, 15) is 9.59 Å². The predicted octanol–water partition coefficient (Wildman–Crippen LogP) is 1.32. The van der Waals surface area contributed by atoms with E-state index in [4.69, 9.17) is 0 Å². The van der Waals surface area contributed by atoms with Crippen LogP contribution in [0.5, 0.6) is 0 Å². The quantitative estimate of drug-likeness (QED) is 0.572. The number of imide groups is 1. The van der Waals surface area contributed by atoms with Crippen molar-refractivity contribution in [2.45, 2.75) is 26.3 Å². The van der Waals surface area contributed by atoms with Crippen molar-refractivity contribution in [2.24, 2.45) is 0 Å². The Bertz CT molecular complexity index is 201. The fourth-order valence-electron chi connectivity index (χ4n) is 0.856. The minimum Gasteiger partial charge on any atom is -0.337 e. The van der Waals surface area contributed by atoms with Crippen molar-refractivity contribution in [2.75, 3.05) is 18.6 Å². The smallest absolute Gasteiger partial charge is 0.324 e. The maximum atomic E-state index is 11.5. The summed E-state index contributed by atoms with van der Waals surface area (Å²) in [7, 11) is 0. The second-order valence-corrected chi connectivity index (χ2v) is 4.86. The van der Waals surface area contributed by atoms with Crippen LogP contribution in [0.3, 0.4) is 0 Å². The van der Waals surface area contributed by atoms with Gasteiger partial charge in [0.05, 0.1) is 0 Å². The second kappa shape index (κ2) is 5.90. The molecule has 0 saturated carbocycles. The van der Waals surface area contributed by atoms with Gasteiger partial charge in [0.2, 0.25) is 6.41 Å². The van der Waals surface area contributed by atoms with Crippen LogP contribution in [0.4, 0.5) is 4.79 Å². The van der Waals surface area contributed by atoms with Gasteiger partial charge in [-0.25, -0.2) is 4.79 Å². The maximum absolute atomic E-state index is 11.5. The predicted molar refractivity (Wildman–Crippen MR) is 59.4 cm³/mol. The third-order valence-electron chi connectivity index (χ3n) is 1.63. The average Bonchev–Trinajstić information content (AvgIpc) is 2.03. The molecule has 0 aliphatic carbocycles. The van der Waals surface area contributed by atoms with E-state index in [0.29, 0.717) is 13.0 Å². The van der Waals surface area contributed by atoms with Crippen LogP contribution in [-0.4, -0.2) is 41.4 Å². The second-order valence-electron chi connectivity index (χ2n) is 3.87. The molecule has 1 N–H and O–H groups in total. The summed E-state index contributed by atoms with van der Waals surface area (Å²) in [5.74, 6) is 0.850. The molecular weight excluding hydrogens is 200 g/mol. The van der Waals surface area contributed by atoms with Gasteiger partial charge in [-0.2, -0.15) is 11.8 Å². The highest BCUT2D eigenvalue weighted by atomic mass is 32.2. The Morgan fingerprint density at radius 2 is 2.07 bits per heavy atom. The molecule has 0 aromatic carbocycles. The molecule has 0 spiro atoms. The van der Waals surface area contributed by atoms with E-state index in [2.05, 4.69) is 5.32 Å². The van der Waals surface area contributed by atoms with E-state index in [1.54, 1.807) is 11.8 Å². The zero-order valence-corrected chi connectivity index (χ0v) is 9.98. The van der Waals surface area contributed by atoms with Crippen molar-refractivity contribution in [3.05, 3.63) is 0 Å². The summed E-state index contributed by atoms with van der Waals surface area (Å²) in [4.78, 5) is 23.3. The number of urea groups is 1. The monoisotopic (exact) mass is 218 g/mol. The van der Waals surface area contributed by atoms with Gasteiger partial charge in [-0.1, -0.05) is 0 Å². The summed E-state index contributed by atoms with van der Waals surface area (Å²) in [6.45, 7) is 6.03. The molecular formula is C9H18N2O2S. The number of hydrogen-bond acceptors (Lipinski definition) is 3.